The van der Waals surface area contributed by atoms with E-state index in [1.54, 1.807) is 6.07 Å². The van der Waals surface area contributed by atoms with E-state index >= 15 is 0 Å². The fraction of sp³-hybridized carbons (Fsp3) is 0.294. The van der Waals surface area contributed by atoms with Gasteiger partial charge >= 0.3 is 0 Å². The van der Waals surface area contributed by atoms with Crippen LogP contribution in [0.1, 0.15) is 17.5 Å². The number of ether oxygens (including phenoxy) is 1. The van der Waals surface area contributed by atoms with Crippen molar-refractivity contribution in [1.29, 1.82) is 0 Å². The summed E-state index contributed by atoms with van der Waals surface area (Å²) >= 11 is 5.62. The Bertz CT molecular complexity index is 601. The summed E-state index contributed by atoms with van der Waals surface area (Å²) in [5.41, 5.74) is 1.85. The van der Waals surface area contributed by atoms with Gasteiger partial charge in [-0.25, -0.2) is 4.39 Å². The van der Waals surface area contributed by atoms with Crippen LogP contribution < -0.4 is 4.74 Å². The van der Waals surface area contributed by atoms with Gasteiger partial charge in [-0.1, -0.05) is 29.8 Å². The lowest BCUT2D eigenvalue weighted by Gasteiger charge is -2.12. The van der Waals surface area contributed by atoms with Crippen LogP contribution in [-0.2, 0) is 6.42 Å². The predicted molar refractivity (Wildman–Crippen MR) is 82.4 cm³/mol. The van der Waals surface area contributed by atoms with Crippen molar-refractivity contribution in [2.24, 2.45) is 0 Å². The van der Waals surface area contributed by atoms with E-state index in [2.05, 4.69) is 0 Å². The van der Waals surface area contributed by atoms with Crippen LogP contribution in [0.5, 0.6) is 5.75 Å². The summed E-state index contributed by atoms with van der Waals surface area (Å²) in [6, 6.07) is 12.3. The highest BCUT2D eigenvalue weighted by atomic mass is 35.5. The summed E-state index contributed by atoms with van der Waals surface area (Å²) in [6.45, 7) is 2.41. The molecule has 112 valence electrons. The van der Waals surface area contributed by atoms with Gasteiger partial charge in [0.2, 0.25) is 0 Å². The second-order valence-corrected chi connectivity index (χ2v) is 5.47. The molecule has 0 aliphatic heterocycles. The standard InChI is InChI=1S/C17H18ClFO2/c1-12-3-2-4-15(9-12)21-8-7-14(20)10-13-5-6-16(18)17(19)11-13/h2-6,9,11,14,20H,7-8,10H2,1H3. The molecule has 2 aromatic rings. The molecule has 1 N–H and O–H groups in total. The van der Waals surface area contributed by atoms with Crippen LogP contribution >= 0.6 is 11.6 Å². The van der Waals surface area contributed by atoms with Crippen LogP contribution in [0, 0.1) is 12.7 Å². The molecular weight excluding hydrogens is 291 g/mol. The summed E-state index contributed by atoms with van der Waals surface area (Å²) in [5.74, 6) is 0.331. The molecule has 0 aliphatic carbocycles. The van der Waals surface area contributed by atoms with Crippen LogP contribution in [-0.4, -0.2) is 17.8 Å². The van der Waals surface area contributed by atoms with Crippen molar-refractivity contribution >= 4 is 11.6 Å². The number of halogens is 2. The van der Waals surface area contributed by atoms with Crippen molar-refractivity contribution in [3.63, 3.8) is 0 Å². The van der Waals surface area contributed by atoms with Crippen LogP contribution in [0.3, 0.4) is 0 Å². The molecule has 0 amide bonds. The first-order valence-electron chi connectivity index (χ1n) is 6.86. The van der Waals surface area contributed by atoms with Gasteiger partial charge in [0.25, 0.3) is 0 Å². The summed E-state index contributed by atoms with van der Waals surface area (Å²) in [6.07, 6.45) is 0.291. The monoisotopic (exact) mass is 308 g/mol. The van der Waals surface area contributed by atoms with Crippen molar-refractivity contribution in [1.82, 2.24) is 0 Å². The van der Waals surface area contributed by atoms with E-state index in [-0.39, 0.29) is 5.02 Å². The van der Waals surface area contributed by atoms with Gasteiger partial charge in [-0.05, 0) is 48.7 Å². The SMILES string of the molecule is Cc1cccc(OCCC(O)Cc2ccc(Cl)c(F)c2)c1. The first-order chi connectivity index (χ1) is 10.0. The third-order valence-electron chi connectivity index (χ3n) is 3.16. The molecule has 2 nitrogen and oxygen atoms in total. The number of rotatable bonds is 6. The van der Waals surface area contributed by atoms with E-state index in [9.17, 15) is 9.50 Å². The fourth-order valence-corrected chi connectivity index (χ4v) is 2.18. The lowest BCUT2D eigenvalue weighted by molar-refractivity contribution is 0.139. The molecule has 1 unspecified atom stereocenters. The first kappa shape index (κ1) is 15.8. The van der Waals surface area contributed by atoms with E-state index in [4.69, 9.17) is 16.3 Å². The Labute approximate surface area is 129 Å². The van der Waals surface area contributed by atoms with Crippen molar-refractivity contribution in [3.05, 3.63) is 64.4 Å². The lowest BCUT2D eigenvalue weighted by atomic mass is 10.1. The van der Waals surface area contributed by atoms with Crippen molar-refractivity contribution in [3.8, 4) is 5.75 Å². The maximum Gasteiger partial charge on any atom is 0.142 e. The Balaban J connectivity index is 1.79. The second-order valence-electron chi connectivity index (χ2n) is 5.06. The van der Waals surface area contributed by atoms with E-state index in [0.29, 0.717) is 19.4 Å². The molecule has 0 fully saturated rings. The minimum atomic E-state index is -0.574. The number of aliphatic hydroxyl groups is 1. The Morgan fingerprint density at radius 3 is 2.76 bits per heavy atom. The van der Waals surface area contributed by atoms with Gasteiger partial charge in [-0.3, -0.25) is 0 Å². The summed E-state index contributed by atoms with van der Waals surface area (Å²) in [5, 5.41) is 10.1. The van der Waals surface area contributed by atoms with Crippen molar-refractivity contribution in [2.45, 2.75) is 25.9 Å². The van der Waals surface area contributed by atoms with Gasteiger partial charge in [0, 0.05) is 6.42 Å². The Morgan fingerprint density at radius 2 is 2.05 bits per heavy atom. The zero-order valence-electron chi connectivity index (χ0n) is 11.9. The Hall–Kier alpha value is -1.58. The normalized spacial score (nSPS) is 12.2. The van der Waals surface area contributed by atoms with Crippen LogP contribution in [0.2, 0.25) is 5.02 Å². The van der Waals surface area contributed by atoms with Gasteiger partial charge in [0.1, 0.15) is 11.6 Å². The number of aryl methyl sites for hydroxylation is 1. The molecule has 0 aliphatic rings. The second kappa shape index (κ2) is 7.43. The first-order valence-corrected chi connectivity index (χ1v) is 7.24. The van der Waals surface area contributed by atoms with Gasteiger partial charge in [-0.15, -0.1) is 0 Å². The highest BCUT2D eigenvalue weighted by molar-refractivity contribution is 6.30. The third-order valence-corrected chi connectivity index (χ3v) is 3.47. The highest BCUT2D eigenvalue weighted by Gasteiger charge is 2.08. The molecule has 0 heterocycles. The summed E-state index contributed by atoms with van der Waals surface area (Å²) < 4.78 is 18.9. The highest BCUT2D eigenvalue weighted by Crippen LogP contribution is 2.17. The number of hydrogen-bond acceptors (Lipinski definition) is 2. The minimum absolute atomic E-state index is 0.0935. The van der Waals surface area contributed by atoms with Gasteiger partial charge in [0.05, 0.1) is 17.7 Å². The molecule has 2 aromatic carbocycles. The molecule has 4 heteroatoms. The predicted octanol–water partition coefficient (Wildman–Crippen LogP) is 4.16. The fourth-order valence-electron chi connectivity index (χ4n) is 2.06. The zero-order valence-corrected chi connectivity index (χ0v) is 12.6. The molecule has 21 heavy (non-hydrogen) atoms. The molecule has 0 saturated carbocycles. The van der Waals surface area contributed by atoms with Crippen molar-refractivity contribution < 1.29 is 14.2 Å². The van der Waals surface area contributed by atoms with Crippen molar-refractivity contribution in [2.75, 3.05) is 6.61 Å². The topological polar surface area (TPSA) is 29.5 Å². The smallest absolute Gasteiger partial charge is 0.142 e. The van der Waals surface area contributed by atoms with Crippen LogP contribution in [0.4, 0.5) is 4.39 Å². The third kappa shape index (κ3) is 5.03. The molecular formula is C17H18ClFO2. The zero-order chi connectivity index (χ0) is 15.2. The van der Waals surface area contributed by atoms with Gasteiger partial charge < -0.3 is 9.84 Å². The molecule has 0 aromatic heterocycles. The maximum absolute atomic E-state index is 13.3. The lowest BCUT2D eigenvalue weighted by Crippen LogP contribution is -2.15. The minimum Gasteiger partial charge on any atom is -0.493 e. The number of hydrogen-bond donors (Lipinski definition) is 1. The molecule has 0 saturated heterocycles. The summed E-state index contributed by atoms with van der Waals surface area (Å²) in [4.78, 5) is 0. The summed E-state index contributed by atoms with van der Waals surface area (Å²) in [7, 11) is 0. The van der Waals surface area contributed by atoms with E-state index in [1.165, 1.54) is 12.1 Å². The molecule has 0 bridgehead atoms. The Morgan fingerprint density at radius 1 is 1.24 bits per heavy atom. The Kier molecular flexibility index (Phi) is 5.59. The number of aliphatic hydroxyl groups excluding tert-OH is 1. The average Bonchev–Trinajstić information content (AvgIpc) is 2.43. The van der Waals surface area contributed by atoms with E-state index in [1.807, 2.05) is 31.2 Å². The average molecular weight is 309 g/mol. The molecule has 2 rings (SSSR count). The number of benzene rings is 2. The van der Waals surface area contributed by atoms with E-state index < -0.39 is 11.9 Å². The van der Waals surface area contributed by atoms with Crippen LogP contribution in [0.15, 0.2) is 42.5 Å². The molecule has 1 atom stereocenters. The molecule has 0 radical (unpaired) electrons. The largest absolute Gasteiger partial charge is 0.493 e. The molecule has 0 spiro atoms. The quantitative estimate of drug-likeness (QED) is 0.868. The van der Waals surface area contributed by atoms with Gasteiger partial charge in [0.15, 0.2) is 0 Å². The maximum atomic E-state index is 13.3. The van der Waals surface area contributed by atoms with E-state index in [0.717, 1.165) is 16.9 Å². The van der Waals surface area contributed by atoms with Crippen LogP contribution in [0.25, 0.3) is 0 Å². The van der Waals surface area contributed by atoms with Gasteiger partial charge in [-0.2, -0.15) is 0 Å².